The van der Waals surface area contributed by atoms with E-state index in [-0.39, 0.29) is 0 Å². The number of benzene rings is 2. The highest BCUT2D eigenvalue weighted by molar-refractivity contribution is 5.94. The summed E-state index contributed by atoms with van der Waals surface area (Å²) in [6, 6.07) is 12.0. The highest BCUT2D eigenvalue weighted by Gasteiger charge is 2.09. The summed E-state index contributed by atoms with van der Waals surface area (Å²) >= 11 is 0. The lowest BCUT2D eigenvalue weighted by Gasteiger charge is -2.06. The molecule has 0 aliphatic carbocycles. The molecule has 0 radical (unpaired) electrons. The molecule has 0 atom stereocenters. The second kappa shape index (κ2) is 3.68. The molecular formula is C14H10N2. The lowest BCUT2D eigenvalue weighted by atomic mass is 9.95. The zero-order chi connectivity index (χ0) is 11.7. The van der Waals surface area contributed by atoms with Crippen LogP contribution in [0.2, 0.25) is 0 Å². The molecule has 0 aromatic heterocycles. The van der Waals surface area contributed by atoms with Crippen LogP contribution in [0, 0.1) is 36.5 Å². The van der Waals surface area contributed by atoms with Crippen LogP contribution in [0.15, 0.2) is 24.3 Å². The molecule has 0 N–H and O–H groups in total. The predicted molar refractivity (Wildman–Crippen MR) is 62.9 cm³/mol. The van der Waals surface area contributed by atoms with Gasteiger partial charge in [0, 0.05) is 5.39 Å². The Bertz CT molecular complexity index is 655. The van der Waals surface area contributed by atoms with Gasteiger partial charge in [-0.3, -0.25) is 0 Å². The van der Waals surface area contributed by atoms with Gasteiger partial charge in [-0.15, -0.1) is 0 Å². The summed E-state index contributed by atoms with van der Waals surface area (Å²) in [5, 5.41) is 20.0. The van der Waals surface area contributed by atoms with Crippen molar-refractivity contribution in [3.8, 4) is 12.1 Å². The Morgan fingerprint density at radius 2 is 1.75 bits per heavy atom. The van der Waals surface area contributed by atoms with Crippen LogP contribution in [0.1, 0.15) is 22.3 Å². The number of fused-ring (bicyclic) bond motifs is 1. The van der Waals surface area contributed by atoms with Gasteiger partial charge >= 0.3 is 0 Å². The summed E-state index contributed by atoms with van der Waals surface area (Å²) in [4.78, 5) is 0. The van der Waals surface area contributed by atoms with E-state index in [2.05, 4.69) is 12.1 Å². The second-order valence-corrected chi connectivity index (χ2v) is 3.89. The third-order valence-corrected chi connectivity index (χ3v) is 2.70. The number of hydrogen-bond donors (Lipinski definition) is 0. The van der Waals surface area contributed by atoms with Crippen molar-refractivity contribution in [3.63, 3.8) is 0 Å². The zero-order valence-corrected chi connectivity index (χ0v) is 9.20. The highest BCUT2D eigenvalue weighted by atomic mass is 14.3. The van der Waals surface area contributed by atoms with Crippen molar-refractivity contribution in [1.82, 2.24) is 0 Å². The molecule has 0 amide bonds. The third kappa shape index (κ3) is 1.42. The van der Waals surface area contributed by atoms with Crippen LogP contribution in [0.3, 0.4) is 0 Å². The summed E-state index contributed by atoms with van der Waals surface area (Å²) in [6.45, 7) is 3.84. The molecule has 0 spiro atoms. The van der Waals surface area contributed by atoms with E-state index in [4.69, 9.17) is 10.5 Å². The van der Waals surface area contributed by atoms with Gasteiger partial charge in [-0.2, -0.15) is 10.5 Å². The smallest absolute Gasteiger partial charge is 0.100 e. The van der Waals surface area contributed by atoms with Crippen LogP contribution in [-0.4, -0.2) is 0 Å². The van der Waals surface area contributed by atoms with Crippen LogP contribution < -0.4 is 0 Å². The van der Waals surface area contributed by atoms with E-state index < -0.39 is 0 Å². The van der Waals surface area contributed by atoms with E-state index in [9.17, 15) is 0 Å². The van der Waals surface area contributed by atoms with Crippen molar-refractivity contribution in [2.45, 2.75) is 13.8 Å². The molecule has 2 nitrogen and oxygen atoms in total. The Hall–Kier alpha value is -2.32. The molecule has 76 valence electrons. The molecule has 0 aliphatic heterocycles. The van der Waals surface area contributed by atoms with Gasteiger partial charge in [-0.1, -0.05) is 18.2 Å². The SMILES string of the molecule is Cc1cc(C#N)c2c(C#N)c(C)ccc2c1. The van der Waals surface area contributed by atoms with Crippen molar-refractivity contribution in [2.75, 3.05) is 0 Å². The molecule has 0 heterocycles. The molecule has 0 fully saturated rings. The highest BCUT2D eigenvalue weighted by Crippen LogP contribution is 2.26. The standard InChI is InChI=1S/C14H10N2/c1-9-5-11-4-3-10(2)13(8-16)14(11)12(6-9)7-15/h3-6H,1-2H3. The van der Waals surface area contributed by atoms with Gasteiger partial charge in [-0.05, 0) is 36.4 Å². The van der Waals surface area contributed by atoms with E-state index in [1.165, 1.54) is 0 Å². The average molecular weight is 206 g/mol. The van der Waals surface area contributed by atoms with Gasteiger partial charge in [0.2, 0.25) is 0 Å². The molecule has 2 aromatic carbocycles. The molecule has 0 unspecified atom stereocenters. The fourth-order valence-corrected chi connectivity index (χ4v) is 1.95. The van der Waals surface area contributed by atoms with Gasteiger partial charge in [0.25, 0.3) is 0 Å². The maximum Gasteiger partial charge on any atom is 0.100 e. The molecule has 2 aromatic rings. The van der Waals surface area contributed by atoms with Crippen LogP contribution in [0.5, 0.6) is 0 Å². The van der Waals surface area contributed by atoms with Crippen molar-refractivity contribution in [2.24, 2.45) is 0 Å². The lowest BCUT2D eigenvalue weighted by molar-refractivity contribution is 1.40. The molecule has 16 heavy (non-hydrogen) atoms. The van der Waals surface area contributed by atoms with Gasteiger partial charge in [0.1, 0.15) is 6.07 Å². The second-order valence-electron chi connectivity index (χ2n) is 3.89. The van der Waals surface area contributed by atoms with Crippen LogP contribution in [-0.2, 0) is 0 Å². The normalized spacial score (nSPS) is 9.75. The predicted octanol–water partition coefficient (Wildman–Crippen LogP) is 3.20. The quantitative estimate of drug-likeness (QED) is 0.664. The summed E-state index contributed by atoms with van der Waals surface area (Å²) in [6.07, 6.45) is 0. The van der Waals surface area contributed by atoms with Crippen LogP contribution in [0.4, 0.5) is 0 Å². The molecule has 0 bridgehead atoms. The van der Waals surface area contributed by atoms with Gasteiger partial charge in [0.15, 0.2) is 0 Å². The minimum absolute atomic E-state index is 0.579. The van der Waals surface area contributed by atoms with Crippen molar-refractivity contribution < 1.29 is 0 Å². The summed E-state index contributed by atoms with van der Waals surface area (Å²) in [5.74, 6) is 0. The summed E-state index contributed by atoms with van der Waals surface area (Å²) in [5.41, 5.74) is 3.14. The minimum atomic E-state index is 0.579. The lowest BCUT2D eigenvalue weighted by Crippen LogP contribution is -1.90. The molecule has 2 rings (SSSR count). The van der Waals surface area contributed by atoms with Gasteiger partial charge < -0.3 is 0 Å². The fourth-order valence-electron chi connectivity index (χ4n) is 1.95. The number of aryl methyl sites for hydroxylation is 2. The van der Waals surface area contributed by atoms with Crippen LogP contribution in [0.25, 0.3) is 10.8 Å². The Morgan fingerprint density at radius 3 is 2.38 bits per heavy atom. The first kappa shape index (κ1) is 10.2. The molecular weight excluding hydrogens is 196 g/mol. The topological polar surface area (TPSA) is 47.6 Å². The Morgan fingerprint density at radius 1 is 1.00 bits per heavy atom. The summed E-state index contributed by atoms with van der Waals surface area (Å²) in [7, 11) is 0. The number of hydrogen-bond acceptors (Lipinski definition) is 2. The van der Waals surface area contributed by atoms with Crippen molar-refractivity contribution in [1.29, 1.82) is 10.5 Å². The fraction of sp³-hybridized carbons (Fsp3) is 0.143. The first-order chi connectivity index (χ1) is 7.67. The Labute approximate surface area is 94.4 Å². The van der Waals surface area contributed by atoms with E-state index in [1.807, 2.05) is 38.1 Å². The van der Waals surface area contributed by atoms with Crippen molar-refractivity contribution in [3.05, 3.63) is 46.5 Å². The maximum atomic E-state index is 9.15. The van der Waals surface area contributed by atoms with Gasteiger partial charge in [0.05, 0.1) is 17.2 Å². The Balaban J connectivity index is 3.04. The van der Waals surface area contributed by atoms with Crippen molar-refractivity contribution >= 4 is 10.8 Å². The van der Waals surface area contributed by atoms with E-state index in [0.29, 0.717) is 11.1 Å². The van der Waals surface area contributed by atoms with E-state index >= 15 is 0 Å². The van der Waals surface area contributed by atoms with Crippen LogP contribution >= 0.6 is 0 Å². The monoisotopic (exact) mass is 206 g/mol. The number of rotatable bonds is 0. The maximum absolute atomic E-state index is 9.15. The molecule has 0 saturated carbocycles. The molecule has 0 saturated heterocycles. The summed E-state index contributed by atoms with van der Waals surface area (Å²) < 4.78 is 0. The largest absolute Gasteiger partial charge is 0.192 e. The number of nitrogens with zero attached hydrogens (tertiary/aromatic N) is 2. The van der Waals surface area contributed by atoms with E-state index in [1.54, 1.807) is 0 Å². The molecule has 2 heteroatoms. The average Bonchev–Trinajstić information content (AvgIpc) is 2.28. The first-order valence-corrected chi connectivity index (χ1v) is 5.01. The first-order valence-electron chi connectivity index (χ1n) is 5.01. The number of nitriles is 2. The third-order valence-electron chi connectivity index (χ3n) is 2.70. The zero-order valence-electron chi connectivity index (χ0n) is 9.20. The minimum Gasteiger partial charge on any atom is -0.192 e. The van der Waals surface area contributed by atoms with E-state index in [0.717, 1.165) is 21.9 Å². The Kier molecular flexibility index (Phi) is 2.35. The molecule has 0 aliphatic rings. The van der Waals surface area contributed by atoms with Gasteiger partial charge in [-0.25, -0.2) is 0 Å².